The Labute approximate surface area is 56.9 Å². The smallest absolute Gasteiger partial charge is 0.126 e. The number of hydrogen-bond donors (Lipinski definition) is 0. The molecule has 0 rings (SSSR count). The van der Waals surface area contributed by atoms with E-state index in [2.05, 4.69) is 0 Å². The highest BCUT2D eigenvalue weighted by Gasteiger charge is 2.13. The first-order valence-corrected chi connectivity index (χ1v) is 6.60. The van der Waals surface area contributed by atoms with E-state index in [1.165, 1.54) is 0 Å². The van der Waals surface area contributed by atoms with Crippen molar-refractivity contribution < 1.29 is 0 Å². The maximum atomic E-state index is 5.20. The second-order valence-electron chi connectivity index (χ2n) is 0.781. The normalized spacial score (nSPS) is 10.0. The molecule has 0 nitrogen and oxygen atoms in total. The maximum absolute atomic E-state index is 5.20. The Morgan fingerprint density at radius 1 is 1.17 bits per heavy atom. The van der Waals surface area contributed by atoms with Crippen LogP contribution in [-0.2, 0) is 0 Å². The predicted molar refractivity (Wildman–Crippen MR) is 40.5 cm³/mol. The van der Waals surface area contributed by atoms with Crippen LogP contribution in [0.1, 0.15) is 0 Å². The Hall–Kier alpha value is 1.30. The minimum Gasteiger partial charge on any atom is -0.126 e. The summed E-state index contributed by atoms with van der Waals surface area (Å²) in [5, 5.41) is 0. The van der Waals surface area contributed by atoms with Gasteiger partial charge >= 0.3 is 6.00 Å². The van der Waals surface area contributed by atoms with Crippen LogP contribution >= 0.6 is 33.2 Å². The Balaban J connectivity index is 0. The first-order valence-electron chi connectivity index (χ1n) is 1.07. The van der Waals surface area contributed by atoms with Gasteiger partial charge in [-0.15, -0.1) is 33.2 Å². The number of halogens is 3. The molecular weight excluding hydrogens is 175 g/mol. The van der Waals surface area contributed by atoms with Crippen LogP contribution in [0.5, 0.6) is 0 Å². The van der Waals surface area contributed by atoms with E-state index < -0.39 is 6.00 Å². The van der Waals surface area contributed by atoms with E-state index in [0.29, 0.717) is 0 Å². The van der Waals surface area contributed by atoms with Crippen LogP contribution in [-0.4, -0.2) is 17.0 Å². The molecular formula is CH7Cl3Si2. The van der Waals surface area contributed by atoms with E-state index in [4.69, 9.17) is 33.2 Å². The van der Waals surface area contributed by atoms with Gasteiger partial charge in [0.1, 0.15) is 0 Å². The lowest BCUT2D eigenvalue weighted by atomic mass is 11.9. The van der Waals surface area contributed by atoms with Crippen molar-refractivity contribution in [1.29, 1.82) is 0 Å². The first kappa shape index (κ1) is 10.3. The van der Waals surface area contributed by atoms with Gasteiger partial charge in [0, 0.05) is 0 Å². The fourth-order valence-electron chi connectivity index (χ4n) is 0. The zero-order valence-corrected chi connectivity index (χ0v) is 5.90. The standard InChI is InChI=1S/CH3Cl3Si.H4Si/c1-5(2,3)4;/h1H3;1H4. The maximum Gasteiger partial charge on any atom is 0.338 e. The van der Waals surface area contributed by atoms with Crippen LogP contribution in [0.2, 0.25) is 6.55 Å². The Kier molecular flexibility index (Phi) is 5.72. The molecule has 0 fully saturated rings. The second-order valence-corrected chi connectivity index (χ2v) is 10.9. The van der Waals surface area contributed by atoms with Crippen molar-refractivity contribution >= 4 is 50.2 Å². The molecule has 0 saturated heterocycles. The van der Waals surface area contributed by atoms with Gasteiger partial charge in [-0.25, -0.2) is 0 Å². The van der Waals surface area contributed by atoms with Gasteiger partial charge < -0.3 is 0 Å². The van der Waals surface area contributed by atoms with Gasteiger partial charge in [0.25, 0.3) is 0 Å². The highest BCUT2D eigenvalue weighted by Crippen LogP contribution is 2.17. The lowest BCUT2D eigenvalue weighted by molar-refractivity contribution is 2.31. The summed E-state index contributed by atoms with van der Waals surface area (Å²) in [4.78, 5) is 0. The molecule has 0 aliphatic heterocycles. The zero-order chi connectivity index (χ0) is 4.50. The summed E-state index contributed by atoms with van der Waals surface area (Å²) in [5.41, 5.74) is 0. The summed E-state index contributed by atoms with van der Waals surface area (Å²) in [6, 6.07) is -2.19. The summed E-state index contributed by atoms with van der Waals surface area (Å²) in [5.74, 6) is 0. The molecule has 0 unspecified atom stereocenters. The van der Waals surface area contributed by atoms with E-state index in [1.807, 2.05) is 0 Å². The lowest BCUT2D eigenvalue weighted by Crippen LogP contribution is -1.97. The van der Waals surface area contributed by atoms with Crippen molar-refractivity contribution in [2.24, 2.45) is 0 Å². The predicted octanol–water partition coefficient (Wildman–Crippen LogP) is 0.820. The van der Waals surface area contributed by atoms with E-state index in [1.54, 1.807) is 6.55 Å². The van der Waals surface area contributed by atoms with Gasteiger partial charge in [0.2, 0.25) is 0 Å². The highest BCUT2D eigenvalue weighted by molar-refractivity contribution is 7.64. The molecule has 0 amide bonds. The monoisotopic (exact) mass is 180 g/mol. The van der Waals surface area contributed by atoms with Crippen molar-refractivity contribution in [2.75, 3.05) is 0 Å². The molecule has 0 N–H and O–H groups in total. The molecule has 0 bridgehead atoms. The van der Waals surface area contributed by atoms with Gasteiger partial charge in [-0.1, -0.05) is 0 Å². The molecule has 0 aromatic rings. The van der Waals surface area contributed by atoms with Gasteiger partial charge in [0.15, 0.2) is 0 Å². The van der Waals surface area contributed by atoms with Gasteiger partial charge in [-0.2, -0.15) is 0 Å². The van der Waals surface area contributed by atoms with Crippen LogP contribution in [0.3, 0.4) is 0 Å². The van der Waals surface area contributed by atoms with Gasteiger partial charge in [-0.3, -0.25) is 0 Å². The molecule has 0 spiro atoms. The third-order valence-electron chi connectivity index (χ3n) is 0. The van der Waals surface area contributed by atoms with Gasteiger partial charge in [0.05, 0.1) is 0 Å². The average Bonchev–Trinajstić information content (AvgIpc) is 0.722. The highest BCUT2D eigenvalue weighted by atomic mass is 35.8. The second kappa shape index (κ2) is 3.32. The SMILES string of the molecule is C[Si](Cl)(Cl)Cl.[SiH4]. The quantitative estimate of drug-likeness (QED) is 0.384. The summed E-state index contributed by atoms with van der Waals surface area (Å²) >= 11 is 15.6. The Bertz CT molecular complexity index is 24.3. The van der Waals surface area contributed by atoms with E-state index in [9.17, 15) is 0 Å². The van der Waals surface area contributed by atoms with Crippen LogP contribution in [0, 0.1) is 0 Å². The van der Waals surface area contributed by atoms with Crippen molar-refractivity contribution in [3.8, 4) is 0 Å². The molecule has 0 aromatic carbocycles. The molecule has 0 heterocycles. The topological polar surface area (TPSA) is 0 Å². The summed E-state index contributed by atoms with van der Waals surface area (Å²) in [6.07, 6.45) is 0. The molecule has 0 radical (unpaired) electrons. The van der Waals surface area contributed by atoms with Crippen molar-refractivity contribution in [3.05, 3.63) is 0 Å². The van der Waals surface area contributed by atoms with Crippen LogP contribution in [0.25, 0.3) is 0 Å². The fourth-order valence-corrected chi connectivity index (χ4v) is 0. The lowest BCUT2D eigenvalue weighted by Gasteiger charge is -1.89. The van der Waals surface area contributed by atoms with Crippen LogP contribution < -0.4 is 0 Å². The zero-order valence-electron chi connectivity index (χ0n) is 2.63. The third kappa shape index (κ3) is 57.8. The minimum absolute atomic E-state index is 0. The van der Waals surface area contributed by atoms with Crippen LogP contribution in [0.15, 0.2) is 0 Å². The minimum atomic E-state index is -2.19. The van der Waals surface area contributed by atoms with E-state index in [-0.39, 0.29) is 11.0 Å². The number of rotatable bonds is 0. The molecule has 6 heavy (non-hydrogen) atoms. The molecule has 0 aliphatic carbocycles. The molecule has 0 atom stereocenters. The fraction of sp³-hybridized carbons (Fsp3) is 1.00. The molecule has 0 aliphatic rings. The van der Waals surface area contributed by atoms with E-state index >= 15 is 0 Å². The van der Waals surface area contributed by atoms with Crippen LogP contribution in [0.4, 0.5) is 0 Å². The summed E-state index contributed by atoms with van der Waals surface area (Å²) in [6.45, 7) is 1.62. The summed E-state index contributed by atoms with van der Waals surface area (Å²) in [7, 11) is 0. The number of hydrogen-bond acceptors (Lipinski definition) is 0. The Morgan fingerprint density at radius 3 is 1.17 bits per heavy atom. The molecule has 5 heteroatoms. The third-order valence-corrected chi connectivity index (χ3v) is 0. The van der Waals surface area contributed by atoms with Crippen molar-refractivity contribution in [3.63, 3.8) is 0 Å². The van der Waals surface area contributed by atoms with Crippen molar-refractivity contribution in [2.45, 2.75) is 6.55 Å². The average molecular weight is 182 g/mol. The largest absolute Gasteiger partial charge is 0.338 e. The molecule has 40 valence electrons. The molecule has 0 aromatic heterocycles. The molecule has 0 saturated carbocycles. The van der Waals surface area contributed by atoms with Gasteiger partial charge in [-0.05, 0) is 17.5 Å². The van der Waals surface area contributed by atoms with Crippen molar-refractivity contribution in [1.82, 2.24) is 0 Å². The van der Waals surface area contributed by atoms with E-state index in [0.717, 1.165) is 0 Å². The first-order chi connectivity index (χ1) is 2.00. The summed E-state index contributed by atoms with van der Waals surface area (Å²) < 4.78 is 0. The Morgan fingerprint density at radius 2 is 1.17 bits per heavy atom.